The standard InChI is InChI=1S/C12H18N4O2/c1-2-6-11-10(9-12(17)18)14-15-16(11)8-5-3-4-7-13/h2-6,8-9H2,1H3,(H,17,18). The highest BCUT2D eigenvalue weighted by Crippen LogP contribution is 2.11. The maximum atomic E-state index is 10.7. The van der Waals surface area contributed by atoms with E-state index in [2.05, 4.69) is 16.4 Å². The van der Waals surface area contributed by atoms with Crippen LogP contribution in [0.4, 0.5) is 0 Å². The van der Waals surface area contributed by atoms with Crippen molar-refractivity contribution in [3.05, 3.63) is 11.4 Å². The molecule has 1 heterocycles. The van der Waals surface area contributed by atoms with Crippen molar-refractivity contribution in [3.8, 4) is 6.07 Å². The van der Waals surface area contributed by atoms with Crippen molar-refractivity contribution in [2.24, 2.45) is 0 Å². The predicted octanol–water partition coefficient (Wildman–Crippen LogP) is 1.55. The highest BCUT2D eigenvalue weighted by Gasteiger charge is 2.14. The normalized spacial score (nSPS) is 10.2. The Balaban J connectivity index is 2.68. The summed E-state index contributed by atoms with van der Waals surface area (Å²) in [5.74, 6) is -0.885. The molecule has 1 N–H and O–H groups in total. The van der Waals surface area contributed by atoms with E-state index in [4.69, 9.17) is 10.4 Å². The van der Waals surface area contributed by atoms with Crippen LogP contribution in [0.1, 0.15) is 44.0 Å². The van der Waals surface area contributed by atoms with E-state index in [1.54, 1.807) is 4.68 Å². The van der Waals surface area contributed by atoms with Gasteiger partial charge in [0.1, 0.15) is 0 Å². The van der Waals surface area contributed by atoms with Crippen LogP contribution < -0.4 is 0 Å². The zero-order chi connectivity index (χ0) is 13.4. The number of hydrogen-bond acceptors (Lipinski definition) is 4. The summed E-state index contributed by atoms with van der Waals surface area (Å²) in [5, 5.41) is 25.2. The van der Waals surface area contributed by atoms with E-state index in [0.717, 1.165) is 31.4 Å². The molecule has 0 amide bonds. The molecule has 0 aliphatic heterocycles. The number of aliphatic carboxylic acids is 1. The number of unbranched alkanes of at least 4 members (excludes halogenated alkanes) is 2. The fourth-order valence-electron chi connectivity index (χ4n) is 1.80. The maximum absolute atomic E-state index is 10.7. The molecule has 0 bridgehead atoms. The molecule has 6 nitrogen and oxygen atoms in total. The zero-order valence-corrected chi connectivity index (χ0v) is 10.6. The van der Waals surface area contributed by atoms with Gasteiger partial charge in [0.25, 0.3) is 0 Å². The number of aromatic nitrogens is 3. The van der Waals surface area contributed by atoms with E-state index in [0.29, 0.717) is 18.7 Å². The molecular weight excluding hydrogens is 232 g/mol. The molecule has 0 unspecified atom stereocenters. The lowest BCUT2D eigenvalue weighted by atomic mass is 10.1. The number of aryl methyl sites for hydroxylation is 1. The molecule has 0 atom stereocenters. The number of hydrogen-bond donors (Lipinski definition) is 1. The topological polar surface area (TPSA) is 91.8 Å². The van der Waals surface area contributed by atoms with Crippen LogP contribution in [0.3, 0.4) is 0 Å². The molecule has 0 saturated heterocycles. The first-order valence-electron chi connectivity index (χ1n) is 6.19. The lowest BCUT2D eigenvalue weighted by Gasteiger charge is -2.05. The van der Waals surface area contributed by atoms with Crippen LogP contribution in [-0.4, -0.2) is 26.1 Å². The second kappa shape index (κ2) is 7.43. The smallest absolute Gasteiger partial charge is 0.309 e. The summed E-state index contributed by atoms with van der Waals surface area (Å²) in [5.41, 5.74) is 1.47. The maximum Gasteiger partial charge on any atom is 0.309 e. The minimum atomic E-state index is -0.885. The van der Waals surface area contributed by atoms with Crippen molar-refractivity contribution in [1.29, 1.82) is 5.26 Å². The molecule has 1 rings (SSSR count). The number of nitrogens with zero attached hydrogens (tertiary/aromatic N) is 4. The predicted molar refractivity (Wildman–Crippen MR) is 64.8 cm³/mol. The first-order valence-corrected chi connectivity index (χ1v) is 6.19. The average molecular weight is 250 g/mol. The van der Waals surface area contributed by atoms with Gasteiger partial charge < -0.3 is 5.11 Å². The molecule has 0 aliphatic rings. The van der Waals surface area contributed by atoms with E-state index < -0.39 is 5.97 Å². The van der Waals surface area contributed by atoms with Gasteiger partial charge in [-0.25, -0.2) is 4.68 Å². The number of rotatable bonds is 8. The third kappa shape index (κ3) is 4.17. The number of carboxylic acid groups (broad SMARTS) is 1. The second-order valence-corrected chi connectivity index (χ2v) is 4.14. The van der Waals surface area contributed by atoms with Crippen molar-refractivity contribution in [2.45, 2.75) is 52.0 Å². The zero-order valence-electron chi connectivity index (χ0n) is 10.6. The molecule has 18 heavy (non-hydrogen) atoms. The second-order valence-electron chi connectivity index (χ2n) is 4.14. The third-order valence-electron chi connectivity index (χ3n) is 2.63. The van der Waals surface area contributed by atoms with Crippen LogP contribution in [0.2, 0.25) is 0 Å². The van der Waals surface area contributed by atoms with Gasteiger partial charge in [0.2, 0.25) is 0 Å². The summed E-state index contributed by atoms with van der Waals surface area (Å²) in [6.07, 6.45) is 3.87. The SMILES string of the molecule is CCCc1c(CC(=O)O)nnn1CCCCC#N. The first-order chi connectivity index (χ1) is 8.69. The van der Waals surface area contributed by atoms with E-state index in [1.807, 2.05) is 6.92 Å². The minimum Gasteiger partial charge on any atom is -0.481 e. The van der Waals surface area contributed by atoms with E-state index in [1.165, 1.54) is 0 Å². The van der Waals surface area contributed by atoms with Gasteiger partial charge in [0, 0.05) is 13.0 Å². The lowest BCUT2D eigenvalue weighted by Crippen LogP contribution is -2.08. The Labute approximate surface area is 106 Å². The molecule has 1 aromatic rings. The highest BCUT2D eigenvalue weighted by atomic mass is 16.4. The number of carboxylic acids is 1. The van der Waals surface area contributed by atoms with Gasteiger partial charge in [-0.05, 0) is 19.3 Å². The van der Waals surface area contributed by atoms with Crippen LogP contribution in [0.15, 0.2) is 0 Å². The molecule has 0 spiro atoms. The van der Waals surface area contributed by atoms with Crippen LogP contribution >= 0.6 is 0 Å². The summed E-state index contributed by atoms with van der Waals surface area (Å²) in [7, 11) is 0. The van der Waals surface area contributed by atoms with Crippen molar-refractivity contribution < 1.29 is 9.90 Å². The van der Waals surface area contributed by atoms with Crippen LogP contribution in [0.25, 0.3) is 0 Å². The van der Waals surface area contributed by atoms with Gasteiger partial charge >= 0.3 is 5.97 Å². The number of carbonyl (C=O) groups is 1. The van der Waals surface area contributed by atoms with Crippen LogP contribution in [0, 0.1) is 11.3 Å². The molecule has 98 valence electrons. The minimum absolute atomic E-state index is 0.0759. The van der Waals surface area contributed by atoms with Crippen molar-refractivity contribution in [1.82, 2.24) is 15.0 Å². The Morgan fingerprint density at radius 2 is 2.28 bits per heavy atom. The molecule has 0 fully saturated rings. The van der Waals surface area contributed by atoms with Crippen molar-refractivity contribution in [2.75, 3.05) is 0 Å². The number of nitriles is 1. The van der Waals surface area contributed by atoms with Gasteiger partial charge in [-0.1, -0.05) is 18.6 Å². The van der Waals surface area contributed by atoms with E-state index in [9.17, 15) is 4.79 Å². The Bertz CT molecular complexity index is 434. The molecular formula is C12H18N4O2. The summed E-state index contributed by atoms with van der Waals surface area (Å²) in [4.78, 5) is 10.7. The van der Waals surface area contributed by atoms with Crippen molar-refractivity contribution >= 4 is 5.97 Å². The summed E-state index contributed by atoms with van der Waals surface area (Å²) >= 11 is 0. The van der Waals surface area contributed by atoms with Crippen LogP contribution in [-0.2, 0) is 24.2 Å². The fourth-order valence-corrected chi connectivity index (χ4v) is 1.80. The fraction of sp³-hybridized carbons (Fsp3) is 0.667. The Hall–Kier alpha value is -1.90. The van der Waals surface area contributed by atoms with Crippen LogP contribution in [0.5, 0.6) is 0 Å². The summed E-state index contributed by atoms with van der Waals surface area (Å²) in [6.45, 7) is 2.74. The Kier molecular flexibility index (Phi) is 5.85. The molecule has 0 aromatic carbocycles. The average Bonchev–Trinajstić information content (AvgIpc) is 2.68. The largest absolute Gasteiger partial charge is 0.481 e. The summed E-state index contributed by atoms with van der Waals surface area (Å²) < 4.78 is 1.78. The molecule has 0 aliphatic carbocycles. The lowest BCUT2D eigenvalue weighted by molar-refractivity contribution is -0.136. The Morgan fingerprint density at radius 3 is 2.89 bits per heavy atom. The van der Waals surface area contributed by atoms with Gasteiger partial charge in [0.05, 0.1) is 23.9 Å². The third-order valence-corrected chi connectivity index (χ3v) is 2.63. The Morgan fingerprint density at radius 1 is 1.50 bits per heavy atom. The van der Waals surface area contributed by atoms with Crippen molar-refractivity contribution in [3.63, 3.8) is 0 Å². The van der Waals surface area contributed by atoms with Gasteiger partial charge in [-0.2, -0.15) is 5.26 Å². The van der Waals surface area contributed by atoms with E-state index >= 15 is 0 Å². The molecule has 0 saturated carbocycles. The first kappa shape index (κ1) is 14.2. The quantitative estimate of drug-likeness (QED) is 0.707. The monoisotopic (exact) mass is 250 g/mol. The summed E-state index contributed by atoms with van der Waals surface area (Å²) in [6, 6.07) is 2.10. The molecule has 0 radical (unpaired) electrons. The van der Waals surface area contributed by atoms with Gasteiger partial charge in [0.15, 0.2) is 0 Å². The van der Waals surface area contributed by atoms with E-state index in [-0.39, 0.29) is 6.42 Å². The molecule has 1 aromatic heterocycles. The highest BCUT2D eigenvalue weighted by molar-refractivity contribution is 5.69. The van der Waals surface area contributed by atoms with Gasteiger partial charge in [-0.3, -0.25) is 4.79 Å². The molecule has 6 heteroatoms. The van der Waals surface area contributed by atoms with Gasteiger partial charge in [-0.15, -0.1) is 5.10 Å².